The zero-order valence-corrected chi connectivity index (χ0v) is 14.5. The quantitative estimate of drug-likeness (QED) is 0.734. The van der Waals surface area contributed by atoms with E-state index in [1.807, 2.05) is 19.0 Å². The van der Waals surface area contributed by atoms with Gasteiger partial charge in [-0.25, -0.2) is 0 Å². The Morgan fingerprint density at radius 3 is 2.62 bits per heavy atom. The highest BCUT2D eigenvalue weighted by Crippen LogP contribution is 2.56. The van der Waals surface area contributed by atoms with Gasteiger partial charge in [0.05, 0.1) is 6.10 Å². The fourth-order valence-electron chi connectivity index (χ4n) is 4.16. The Balaban J connectivity index is 0.00000220. The first kappa shape index (κ1) is 18.7. The van der Waals surface area contributed by atoms with Gasteiger partial charge < -0.3 is 15.0 Å². The number of rotatable bonds is 7. The molecule has 2 unspecified atom stereocenters. The van der Waals surface area contributed by atoms with Crippen molar-refractivity contribution in [3.05, 3.63) is 0 Å². The van der Waals surface area contributed by atoms with Crippen molar-refractivity contribution in [2.75, 3.05) is 27.2 Å². The van der Waals surface area contributed by atoms with Gasteiger partial charge in [-0.05, 0) is 46.2 Å². The number of amides is 1. The molecule has 0 bridgehead atoms. The number of carbonyl (C=O) groups is 1. The normalized spacial score (nSPS) is 26.2. The van der Waals surface area contributed by atoms with Gasteiger partial charge in [0.25, 0.3) is 0 Å². The number of hydrogen-bond acceptors (Lipinski definition) is 3. The van der Waals surface area contributed by atoms with E-state index in [0.717, 1.165) is 26.0 Å². The first-order valence-corrected chi connectivity index (χ1v) is 8.17. The van der Waals surface area contributed by atoms with Crippen LogP contribution in [-0.2, 0) is 9.53 Å². The summed E-state index contributed by atoms with van der Waals surface area (Å²) in [5.41, 5.74) is 0.267. The van der Waals surface area contributed by atoms with E-state index >= 15 is 0 Å². The molecule has 0 heterocycles. The highest BCUT2D eigenvalue weighted by molar-refractivity contribution is 5.85. The van der Waals surface area contributed by atoms with E-state index in [2.05, 4.69) is 12.2 Å². The standard InChI is InChI=1S/C16H30N2O2.ClH/c1-4-20-14-12-13(16(14)9-5-6-10-16)18(3)15(19)8-7-11-17-2;/h13-14,17H,4-12H2,1-3H3;1H. The van der Waals surface area contributed by atoms with Gasteiger partial charge in [0.2, 0.25) is 5.91 Å². The number of nitrogens with zero attached hydrogens (tertiary/aromatic N) is 1. The molecule has 0 aromatic rings. The molecular weight excluding hydrogens is 288 g/mol. The van der Waals surface area contributed by atoms with Crippen LogP contribution in [0.5, 0.6) is 0 Å². The van der Waals surface area contributed by atoms with Gasteiger partial charge in [-0.2, -0.15) is 0 Å². The first-order chi connectivity index (χ1) is 9.65. The molecule has 2 fully saturated rings. The minimum atomic E-state index is 0. The smallest absolute Gasteiger partial charge is 0.222 e. The summed E-state index contributed by atoms with van der Waals surface area (Å²) in [6, 6.07) is 0.406. The highest BCUT2D eigenvalue weighted by Gasteiger charge is 2.58. The minimum Gasteiger partial charge on any atom is -0.378 e. The largest absolute Gasteiger partial charge is 0.378 e. The van der Waals surface area contributed by atoms with Gasteiger partial charge in [0, 0.05) is 31.5 Å². The molecule has 5 heteroatoms. The summed E-state index contributed by atoms with van der Waals surface area (Å²) in [6.45, 7) is 3.78. The van der Waals surface area contributed by atoms with Gasteiger partial charge in [-0.1, -0.05) is 12.8 Å². The zero-order chi connectivity index (χ0) is 14.6. The topological polar surface area (TPSA) is 41.6 Å². The molecule has 2 rings (SSSR count). The summed E-state index contributed by atoms with van der Waals surface area (Å²) in [5.74, 6) is 0.298. The number of ether oxygens (including phenoxy) is 1. The number of nitrogens with one attached hydrogen (secondary N) is 1. The highest BCUT2D eigenvalue weighted by atomic mass is 35.5. The van der Waals surface area contributed by atoms with Gasteiger partial charge in [0.15, 0.2) is 0 Å². The third-order valence-corrected chi connectivity index (χ3v) is 5.32. The lowest BCUT2D eigenvalue weighted by molar-refractivity contribution is -0.172. The lowest BCUT2D eigenvalue weighted by Gasteiger charge is -2.57. The average Bonchev–Trinajstić information content (AvgIpc) is 2.95. The van der Waals surface area contributed by atoms with Crippen molar-refractivity contribution in [3.63, 3.8) is 0 Å². The van der Waals surface area contributed by atoms with Crippen LogP contribution in [0.4, 0.5) is 0 Å². The molecule has 1 amide bonds. The molecule has 1 spiro atoms. The second-order valence-corrected chi connectivity index (χ2v) is 6.35. The minimum absolute atomic E-state index is 0. The van der Waals surface area contributed by atoms with E-state index in [1.54, 1.807) is 0 Å². The van der Waals surface area contributed by atoms with Crippen LogP contribution in [0.15, 0.2) is 0 Å². The molecule has 0 aromatic heterocycles. The van der Waals surface area contributed by atoms with Crippen molar-refractivity contribution in [2.24, 2.45) is 5.41 Å². The summed E-state index contributed by atoms with van der Waals surface area (Å²) in [5, 5.41) is 3.10. The van der Waals surface area contributed by atoms with Crippen LogP contribution >= 0.6 is 12.4 Å². The van der Waals surface area contributed by atoms with Crippen LogP contribution in [0.1, 0.15) is 51.9 Å². The number of hydrogen-bond donors (Lipinski definition) is 1. The van der Waals surface area contributed by atoms with Crippen molar-refractivity contribution in [2.45, 2.75) is 64.0 Å². The zero-order valence-electron chi connectivity index (χ0n) is 13.7. The van der Waals surface area contributed by atoms with Crippen LogP contribution in [-0.4, -0.2) is 50.2 Å². The Hall–Kier alpha value is -0.320. The molecule has 124 valence electrons. The molecule has 0 aliphatic heterocycles. The van der Waals surface area contributed by atoms with Crippen molar-refractivity contribution in [3.8, 4) is 0 Å². The molecule has 2 atom stereocenters. The fourth-order valence-corrected chi connectivity index (χ4v) is 4.16. The SMILES string of the molecule is CCOC1CC(N(C)C(=O)CCCNC)C12CCCC2.Cl. The molecule has 0 saturated heterocycles. The second kappa shape index (κ2) is 8.35. The molecule has 4 nitrogen and oxygen atoms in total. The van der Waals surface area contributed by atoms with Gasteiger partial charge in [0.1, 0.15) is 0 Å². The summed E-state index contributed by atoms with van der Waals surface area (Å²) >= 11 is 0. The lowest BCUT2D eigenvalue weighted by Crippen LogP contribution is -2.64. The van der Waals surface area contributed by atoms with Crippen molar-refractivity contribution < 1.29 is 9.53 Å². The van der Waals surface area contributed by atoms with Gasteiger partial charge >= 0.3 is 0 Å². The molecular formula is C16H31ClN2O2. The Morgan fingerprint density at radius 2 is 2.05 bits per heavy atom. The van der Waals surface area contributed by atoms with E-state index in [9.17, 15) is 4.79 Å². The lowest BCUT2D eigenvalue weighted by atomic mass is 9.60. The van der Waals surface area contributed by atoms with Gasteiger partial charge in [-0.15, -0.1) is 12.4 Å². The van der Waals surface area contributed by atoms with E-state index in [-0.39, 0.29) is 17.8 Å². The molecule has 1 N–H and O–H groups in total. The summed E-state index contributed by atoms with van der Waals surface area (Å²) in [7, 11) is 3.93. The Morgan fingerprint density at radius 1 is 1.38 bits per heavy atom. The predicted molar refractivity (Wildman–Crippen MR) is 87.9 cm³/mol. The first-order valence-electron chi connectivity index (χ1n) is 8.17. The molecule has 2 aliphatic carbocycles. The van der Waals surface area contributed by atoms with E-state index < -0.39 is 0 Å². The van der Waals surface area contributed by atoms with Gasteiger partial charge in [-0.3, -0.25) is 4.79 Å². The fraction of sp³-hybridized carbons (Fsp3) is 0.938. The average molecular weight is 319 g/mol. The third-order valence-electron chi connectivity index (χ3n) is 5.32. The van der Waals surface area contributed by atoms with Crippen molar-refractivity contribution >= 4 is 18.3 Å². The summed E-state index contributed by atoms with van der Waals surface area (Å²) in [6.07, 6.45) is 8.04. The number of halogens is 1. The van der Waals surface area contributed by atoms with Crippen LogP contribution in [0.25, 0.3) is 0 Å². The van der Waals surface area contributed by atoms with Crippen LogP contribution < -0.4 is 5.32 Å². The third kappa shape index (κ3) is 3.72. The number of carbonyl (C=O) groups excluding carboxylic acids is 1. The maximum Gasteiger partial charge on any atom is 0.222 e. The summed E-state index contributed by atoms with van der Waals surface area (Å²) < 4.78 is 5.93. The Labute approximate surface area is 135 Å². The maximum absolute atomic E-state index is 12.3. The van der Waals surface area contributed by atoms with E-state index in [4.69, 9.17) is 4.74 Å². The van der Waals surface area contributed by atoms with E-state index in [0.29, 0.717) is 24.5 Å². The second-order valence-electron chi connectivity index (χ2n) is 6.35. The van der Waals surface area contributed by atoms with Crippen molar-refractivity contribution in [1.29, 1.82) is 0 Å². The maximum atomic E-state index is 12.3. The molecule has 2 saturated carbocycles. The molecule has 0 radical (unpaired) electrons. The van der Waals surface area contributed by atoms with Crippen LogP contribution in [0.2, 0.25) is 0 Å². The Bertz CT molecular complexity index is 332. The van der Waals surface area contributed by atoms with Crippen molar-refractivity contribution in [1.82, 2.24) is 10.2 Å². The van der Waals surface area contributed by atoms with Crippen LogP contribution in [0.3, 0.4) is 0 Å². The predicted octanol–water partition coefficient (Wildman–Crippen LogP) is 2.60. The molecule has 0 aromatic carbocycles. The Kier molecular flexibility index (Phi) is 7.45. The molecule has 2 aliphatic rings. The van der Waals surface area contributed by atoms with Crippen LogP contribution in [0, 0.1) is 5.41 Å². The van der Waals surface area contributed by atoms with E-state index in [1.165, 1.54) is 25.7 Å². The summed E-state index contributed by atoms with van der Waals surface area (Å²) in [4.78, 5) is 14.3. The molecule has 21 heavy (non-hydrogen) atoms. The monoisotopic (exact) mass is 318 g/mol.